The molecular formula is C29H58N2O8. The van der Waals surface area contributed by atoms with E-state index in [1.165, 1.54) is 0 Å². The number of nitrogens with two attached hydrogens (primary N) is 1. The second kappa shape index (κ2) is 14.4. The summed E-state index contributed by atoms with van der Waals surface area (Å²) in [5.74, 6) is -1.84. The Hall–Kier alpha value is -0.850. The first-order valence-corrected chi connectivity index (χ1v) is 14.5. The van der Waals surface area contributed by atoms with E-state index >= 15 is 0 Å². The van der Waals surface area contributed by atoms with Gasteiger partial charge in [-0.15, -0.1) is 0 Å². The van der Waals surface area contributed by atoms with Crippen molar-refractivity contribution in [2.75, 3.05) is 13.6 Å². The molecule has 10 heteroatoms. The standard InChI is InChI=1S/C29H58N2O8/c1-11-12-29(9,37)24(33)19(4)31(10)15-17(2)14-28(8,36)16-27(6,7)25(18(3)26(34)35)39-22-13-21(30)23(32)20(5)38-22/h17-25,32-33,36-37H,11-16,30H2,1-10H3,(H,34,35)/t17-,18-,19-,20?,21?,22+,23-,24-,25?,28?,29?/m1/s1. The summed E-state index contributed by atoms with van der Waals surface area (Å²) < 4.78 is 12.0. The molecule has 11 atom stereocenters. The van der Waals surface area contributed by atoms with Crippen molar-refractivity contribution < 1.29 is 39.8 Å². The molecule has 0 aromatic carbocycles. The average molecular weight is 563 g/mol. The zero-order valence-corrected chi connectivity index (χ0v) is 25.9. The zero-order chi connectivity index (χ0) is 30.5. The Morgan fingerprint density at radius 3 is 2.23 bits per heavy atom. The molecule has 0 bridgehead atoms. The zero-order valence-electron chi connectivity index (χ0n) is 25.9. The maximum atomic E-state index is 12.0. The van der Waals surface area contributed by atoms with Gasteiger partial charge in [0, 0.05) is 25.0 Å². The summed E-state index contributed by atoms with van der Waals surface area (Å²) >= 11 is 0. The lowest BCUT2D eigenvalue weighted by Crippen LogP contribution is -2.54. The highest BCUT2D eigenvalue weighted by Gasteiger charge is 2.45. The van der Waals surface area contributed by atoms with Gasteiger partial charge < -0.3 is 45.6 Å². The van der Waals surface area contributed by atoms with Crippen molar-refractivity contribution in [2.24, 2.45) is 23.0 Å². The molecule has 1 aliphatic heterocycles. The predicted octanol–water partition coefficient (Wildman–Crippen LogP) is 2.34. The van der Waals surface area contributed by atoms with Gasteiger partial charge >= 0.3 is 5.97 Å². The van der Waals surface area contributed by atoms with E-state index in [0.717, 1.165) is 6.42 Å². The minimum atomic E-state index is -1.18. The van der Waals surface area contributed by atoms with Gasteiger partial charge in [0.25, 0.3) is 0 Å². The van der Waals surface area contributed by atoms with Crippen LogP contribution in [0.25, 0.3) is 0 Å². The smallest absolute Gasteiger partial charge is 0.308 e. The van der Waals surface area contributed by atoms with Crippen LogP contribution in [0.3, 0.4) is 0 Å². The van der Waals surface area contributed by atoms with Crippen LogP contribution in [0.4, 0.5) is 0 Å². The van der Waals surface area contributed by atoms with Crippen molar-refractivity contribution in [3.63, 3.8) is 0 Å². The molecule has 0 radical (unpaired) electrons. The minimum absolute atomic E-state index is 0.0462. The van der Waals surface area contributed by atoms with E-state index < -0.39 is 65.3 Å². The van der Waals surface area contributed by atoms with Gasteiger partial charge in [-0.2, -0.15) is 0 Å². The second-order valence-electron chi connectivity index (χ2n) is 13.5. The van der Waals surface area contributed by atoms with Gasteiger partial charge in [-0.3, -0.25) is 4.79 Å². The monoisotopic (exact) mass is 562 g/mol. The van der Waals surface area contributed by atoms with Crippen molar-refractivity contribution in [1.29, 1.82) is 0 Å². The van der Waals surface area contributed by atoms with Crippen LogP contribution in [-0.4, -0.2) is 104 Å². The molecular weight excluding hydrogens is 504 g/mol. The van der Waals surface area contributed by atoms with E-state index in [1.807, 2.05) is 46.6 Å². The Kier molecular flexibility index (Phi) is 13.3. The first-order chi connectivity index (χ1) is 17.6. The van der Waals surface area contributed by atoms with Crippen molar-refractivity contribution in [3.05, 3.63) is 0 Å². The minimum Gasteiger partial charge on any atom is -0.481 e. The Morgan fingerprint density at radius 1 is 1.18 bits per heavy atom. The number of hydrogen-bond donors (Lipinski definition) is 6. The molecule has 1 rings (SSSR count). The van der Waals surface area contributed by atoms with Gasteiger partial charge in [0.05, 0.1) is 41.5 Å². The summed E-state index contributed by atoms with van der Waals surface area (Å²) in [5, 5.41) is 52.8. The number of ether oxygens (including phenoxy) is 2. The SMILES string of the molecule is CCCC(C)(O)[C@H](O)[C@@H](C)N(C)C[C@H](C)CC(C)(O)CC(C)(C)C(O[C@H]1CC(N)[C@H](O)C(C)O1)[C@@H](C)C(=O)O. The van der Waals surface area contributed by atoms with Gasteiger partial charge in [0.1, 0.15) is 0 Å². The van der Waals surface area contributed by atoms with E-state index in [4.69, 9.17) is 15.2 Å². The van der Waals surface area contributed by atoms with Crippen LogP contribution in [0.15, 0.2) is 0 Å². The highest BCUT2D eigenvalue weighted by atomic mass is 16.7. The van der Waals surface area contributed by atoms with Crippen LogP contribution in [0.5, 0.6) is 0 Å². The Morgan fingerprint density at radius 2 is 1.74 bits per heavy atom. The molecule has 1 fully saturated rings. The fraction of sp³-hybridized carbons (Fsp3) is 0.966. The number of likely N-dealkylation sites (N-methyl/N-ethyl adjacent to an activating group) is 1. The van der Waals surface area contributed by atoms with Crippen molar-refractivity contribution in [1.82, 2.24) is 4.90 Å². The predicted molar refractivity (Wildman–Crippen MR) is 151 cm³/mol. The lowest BCUT2D eigenvalue weighted by molar-refractivity contribution is -0.262. The third-order valence-corrected chi connectivity index (χ3v) is 8.43. The second-order valence-corrected chi connectivity index (χ2v) is 13.5. The summed E-state index contributed by atoms with van der Waals surface area (Å²) in [7, 11) is 1.90. The van der Waals surface area contributed by atoms with Gasteiger partial charge in [0.2, 0.25) is 0 Å². The average Bonchev–Trinajstić information content (AvgIpc) is 2.77. The highest BCUT2D eigenvalue weighted by Crippen LogP contribution is 2.40. The third kappa shape index (κ3) is 10.5. The van der Waals surface area contributed by atoms with Crippen LogP contribution >= 0.6 is 0 Å². The number of aliphatic carboxylic acids is 1. The van der Waals surface area contributed by atoms with Gasteiger partial charge in [-0.1, -0.05) is 34.1 Å². The van der Waals surface area contributed by atoms with Gasteiger partial charge in [-0.05, 0) is 72.3 Å². The number of aliphatic hydroxyl groups excluding tert-OH is 2. The maximum absolute atomic E-state index is 12.0. The van der Waals surface area contributed by atoms with Crippen molar-refractivity contribution in [3.8, 4) is 0 Å². The van der Waals surface area contributed by atoms with Crippen LogP contribution in [0, 0.1) is 17.3 Å². The number of aliphatic hydroxyl groups is 4. The molecule has 1 saturated heterocycles. The molecule has 10 nitrogen and oxygen atoms in total. The fourth-order valence-electron chi connectivity index (χ4n) is 6.49. The topological polar surface area (TPSA) is 166 Å². The number of carbonyl (C=O) groups is 1. The summed E-state index contributed by atoms with van der Waals surface area (Å²) in [6.07, 6.45) is -1.61. The first-order valence-electron chi connectivity index (χ1n) is 14.5. The van der Waals surface area contributed by atoms with Crippen LogP contribution < -0.4 is 5.73 Å². The molecule has 0 amide bonds. The van der Waals surface area contributed by atoms with Gasteiger partial charge in [0.15, 0.2) is 6.29 Å². The molecule has 5 unspecified atom stereocenters. The van der Waals surface area contributed by atoms with E-state index in [1.54, 1.807) is 27.7 Å². The number of hydrogen-bond acceptors (Lipinski definition) is 9. The number of nitrogens with zero attached hydrogens (tertiary/aromatic N) is 1. The van der Waals surface area contributed by atoms with E-state index in [-0.39, 0.29) is 24.8 Å². The summed E-state index contributed by atoms with van der Waals surface area (Å²) in [6.45, 7) is 17.0. The van der Waals surface area contributed by atoms with Crippen LogP contribution in [0.2, 0.25) is 0 Å². The van der Waals surface area contributed by atoms with Crippen molar-refractivity contribution in [2.45, 2.75) is 148 Å². The molecule has 0 spiro atoms. The molecule has 0 aliphatic carbocycles. The molecule has 7 N–H and O–H groups in total. The summed E-state index contributed by atoms with van der Waals surface area (Å²) in [4.78, 5) is 14.0. The highest BCUT2D eigenvalue weighted by molar-refractivity contribution is 5.70. The number of carboxylic acid groups (broad SMARTS) is 1. The molecule has 39 heavy (non-hydrogen) atoms. The Balaban J connectivity index is 2.94. The maximum Gasteiger partial charge on any atom is 0.308 e. The van der Waals surface area contributed by atoms with Crippen LogP contribution in [0.1, 0.15) is 94.4 Å². The van der Waals surface area contributed by atoms with Crippen molar-refractivity contribution >= 4 is 5.97 Å². The molecule has 232 valence electrons. The summed E-state index contributed by atoms with van der Waals surface area (Å²) in [6, 6.07) is -0.831. The molecule has 0 saturated carbocycles. The molecule has 0 aromatic heterocycles. The van der Waals surface area contributed by atoms with E-state index in [0.29, 0.717) is 19.4 Å². The molecule has 1 heterocycles. The number of carboxylic acids is 1. The Labute approximate surface area is 235 Å². The fourth-order valence-corrected chi connectivity index (χ4v) is 6.49. The lowest BCUT2D eigenvalue weighted by Gasteiger charge is -2.45. The third-order valence-electron chi connectivity index (χ3n) is 8.43. The van der Waals surface area contributed by atoms with E-state index in [2.05, 4.69) is 0 Å². The summed E-state index contributed by atoms with van der Waals surface area (Å²) in [5.41, 5.74) is 2.99. The quantitative estimate of drug-likeness (QED) is 0.164. The first kappa shape index (κ1) is 36.2. The Bertz CT molecular complexity index is 750. The molecule has 1 aliphatic rings. The lowest BCUT2D eigenvalue weighted by atomic mass is 9.71. The van der Waals surface area contributed by atoms with E-state index in [9.17, 15) is 30.3 Å². The molecule has 0 aromatic rings. The van der Waals surface area contributed by atoms with Crippen LogP contribution in [-0.2, 0) is 14.3 Å². The normalized spacial score (nSPS) is 29.6. The largest absolute Gasteiger partial charge is 0.481 e. The number of rotatable bonds is 16. The van der Waals surface area contributed by atoms with Gasteiger partial charge in [-0.25, -0.2) is 0 Å².